The van der Waals surface area contributed by atoms with Crippen molar-refractivity contribution in [2.45, 2.75) is 44.2 Å². The molecule has 1 aliphatic rings. The molecule has 8 nitrogen and oxygen atoms in total. The fourth-order valence-corrected chi connectivity index (χ4v) is 2.34. The van der Waals surface area contributed by atoms with Crippen molar-refractivity contribution >= 4 is 11.9 Å². The van der Waals surface area contributed by atoms with E-state index in [4.69, 9.17) is 10.00 Å². The van der Waals surface area contributed by atoms with Gasteiger partial charge < -0.3 is 9.47 Å². The van der Waals surface area contributed by atoms with Crippen molar-refractivity contribution in [1.29, 1.82) is 5.26 Å². The average Bonchev–Trinajstić information content (AvgIpc) is 2.76. The third-order valence-electron chi connectivity index (χ3n) is 3.34. The highest BCUT2D eigenvalue weighted by Crippen LogP contribution is 2.31. The molecule has 0 N–H and O–H groups in total. The fraction of sp³-hybridized carbons (Fsp3) is 0.750. The Balaban J connectivity index is 2.73. The molecule has 0 bridgehead atoms. The van der Waals surface area contributed by atoms with E-state index in [0.717, 1.165) is 0 Å². The van der Waals surface area contributed by atoms with Gasteiger partial charge in [0.1, 0.15) is 6.10 Å². The van der Waals surface area contributed by atoms with Gasteiger partial charge in [-0.25, -0.2) is 0 Å². The second kappa shape index (κ2) is 7.43. The van der Waals surface area contributed by atoms with Gasteiger partial charge in [0.15, 0.2) is 0 Å². The number of nitriles is 1. The topological polar surface area (TPSA) is 120 Å². The Morgan fingerprint density at radius 2 is 2.40 bits per heavy atom. The number of carbonyl (C=O) groups excluding carboxylic acids is 2. The second-order valence-corrected chi connectivity index (χ2v) is 4.56. The number of rotatable bonds is 7. The SMILES string of the molecule is COC(=O)CCC([C@@H]1CC(=O)O[C@H]1CCC#N)[N+](=O)[O-]. The minimum Gasteiger partial charge on any atom is -0.469 e. The lowest BCUT2D eigenvalue weighted by atomic mass is 9.88. The number of cyclic esters (lactones) is 1. The summed E-state index contributed by atoms with van der Waals surface area (Å²) in [5.41, 5.74) is 0. The molecule has 0 aromatic carbocycles. The zero-order chi connectivity index (χ0) is 15.1. The number of ether oxygens (including phenoxy) is 2. The van der Waals surface area contributed by atoms with E-state index >= 15 is 0 Å². The number of carbonyl (C=O) groups is 2. The molecule has 1 rings (SSSR count). The maximum Gasteiger partial charge on any atom is 0.306 e. The molecule has 1 saturated heterocycles. The summed E-state index contributed by atoms with van der Waals surface area (Å²) in [7, 11) is 1.21. The summed E-state index contributed by atoms with van der Waals surface area (Å²) in [6.07, 6.45) is -0.342. The van der Waals surface area contributed by atoms with Crippen LogP contribution in [0, 0.1) is 27.4 Å². The Bertz CT molecular complexity index is 430. The van der Waals surface area contributed by atoms with Crippen LogP contribution in [0.3, 0.4) is 0 Å². The molecule has 8 heteroatoms. The molecule has 0 aromatic heterocycles. The van der Waals surface area contributed by atoms with Gasteiger partial charge in [-0.2, -0.15) is 5.26 Å². The molecule has 1 unspecified atom stereocenters. The first-order valence-electron chi connectivity index (χ1n) is 6.26. The van der Waals surface area contributed by atoms with Crippen molar-refractivity contribution in [3.63, 3.8) is 0 Å². The van der Waals surface area contributed by atoms with Crippen molar-refractivity contribution in [2.75, 3.05) is 7.11 Å². The predicted octanol–water partition coefficient (Wildman–Crippen LogP) is 0.820. The Morgan fingerprint density at radius 3 is 2.95 bits per heavy atom. The van der Waals surface area contributed by atoms with Gasteiger partial charge in [0.2, 0.25) is 6.04 Å². The minimum atomic E-state index is -1.05. The first-order chi connectivity index (χ1) is 9.49. The lowest BCUT2D eigenvalue weighted by Gasteiger charge is -2.19. The Morgan fingerprint density at radius 1 is 1.70 bits per heavy atom. The van der Waals surface area contributed by atoms with Crippen molar-refractivity contribution in [3.05, 3.63) is 10.1 Å². The molecule has 0 aliphatic carbocycles. The highest BCUT2D eigenvalue weighted by molar-refractivity contribution is 5.72. The second-order valence-electron chi connectivity index (χ2n) is 4.56. The summed E-state index contributed by atoms with van der Waals surface area (Å²) in [4.78, 5) is 33.1. The van der Waals surface area contributed by atoms with Gasteiger partial charge in [-0.3, -0.25) is 19.7 Å². The molecule has 1 aliphatic heterocycles. The van der Waals surface area contributed by atoms with E-state index in [9.17, 15) is 19.7 Å². The van der Waals surface area contributed by atoms with Gasteiger partial charge >= 0.3 is 11.9 Å². The van der Waals surface area contributed by atoms with E-state index in [1.807, 2.05) is 6.07 Å². The fourth-order valence-electron chi connectivity index (χ4n) is 2.34. The van der Waals surface area contributed by atoms with E-state index in [0.29, 0.717) is 0 Å². The Kier molecular flexibility index (Phi) is 5.90. The summed E-state index contributed by atoms with van der Waals surface area (Å²) in [6, 6.07) is 0.871. The molecule has 1 fully saturated rings. The number of methoxy groups -OCH3 is 1. The predicted molar refractivity (Wildman–Crippen MR) is 64.9 cm³/mol. The molecule has 0 spiro atoms. The first-order valence-corrected chi connectivity index (χ1v) is 6.26. The smallest absolute Gasteiger partial charge is 0.306 e. The molecular formula is C12H16N2O6. The first kappa shape index (κ1) is 15.9. The molecule has 0 aromatic rings. The summed E-state index contributed by atoms with van der Waals surface area (Å²) in [5.74, 6) is -1.63. The standard InChI is InChI=1S/C12H16N2O6/c1-19-11(15)5-4-9(14(17)18)8-7-12(16)20-10(8)3-2-6-13/h8-10H,2-5,7H2,1H3/t8-,9?,10-/m0/s1. The van der Waals surface area contributed by atoms with E-state index in [1.165, 1.54) is 7.11 Å². The lowest BCUT2D eigenvalue weighted by molar-refractivity contribution is -0.534. The Hall–Kier alpha value is -2.17. The maximum atomic E-state index is 11.3. The average molecular weight is 284 g/mol. The van der Waals surface area contributed by atoms with Gasteiger partial charge in [0.25, 0.3) is 0 Å². The van der Waals surface area contributed by atoms with Crippen LogP contribution >= 0.6 is 0 Å². The third kappa shape index (κ3) is 4.19. The molecule has 0 saturated carbocycles. The normalized spacial score (nSPS) is 22.7. The zero-order valence-corrected chi connectivity index (χ0v) is 11.1. The largest absolute Gasteiger partial charge is 0.469 e. The van der Waals surface area contributed by atoms with E-state index in [1.54, 1.807) is 0 Å². The van der Waals surface area contributed by atoms with Crippen molar-refractivity contribution in [3.8, 4) is 6.07 Å². The Labute approximate surface area is 115 Å². The van der Waals surface area contributed by atoms with Crippen LogP contribution in [0.5, 0.6) is 0 Å². The number of hydrogen-bond acceptors (Lipinski definition) is 7. The summed E-state index contributed by atoms with van der Waals surface area (Å²) >= 11 is 0. The third-order valence-corrected chi connectivity index (χ3v) is 3.34. The van der Waals surface area contributed by atoms with E-state index in [-0.39, 0.29) is 32.1 Å². The summed E-state index contributed by atoms with van der Waals surface area (Å²) in [5, 5.41) is 19.7. The van der Waals surface area contributed by atoms with Gasteiger partial charge in [-0.15, -0.1) is 0 Å². The summed E-state index contributed by atoms with van der Waals surface area (Å²) in [6.45, 7) is 0. The highest BCUT2D eigenvalue weighted by Gasteiger charge is 2.45. The number of nitrogens with zero attached hydrogens (tertiary/aromatic N) is 2. The van der Waals surface area contributed by atoms with Crippen LogP contribution in [0.1, 0.15) is 32.1 Å². The molecule has 20 heavy (non-hydrogen) atoms. The number of esters is 2. The minimum absolute atomic E-state index is 0.00989. The van der Waals surface area contributed by atoms with Gasteiger partial charge in [0.05, 0.1) is 31.9 Å². The van der Waals surface area contributed by atoms with Crippen molar-refractivity contribution < 1.29 is 24.0 Å². The van der Waals surface area contributed by atoms with Gasteiger partial charge in [-0.1, -0.05) is 0 Å². The van der Waals surface area contributed by atoms with Gasteiger partial charge in [-0.05, 0) is 6.42 Å². The van der Waals surface area contributed by atoms with Crippen LogP contribution in [-0.2, 0) is 19.1 Å². The highest BCUT2D eigenvalue weighted by atomic mass is 16.6. The van der Waals surface area contributed by atoms with Crippen LogP contribution < -0.4 is 0 Å². The molecular weight excluding hydrogens is 268 g/mol. The summed E-state index contributed by atoms with van der Waals surface area (Å²) < 4.78 is 9.48. The molecule has 110 valence electrons. The van der Waals surface area contributed by atoms with Crippen molar-refractivity contribution in [1.82, 2.24) is 0 Å². The monoisotopic (exact) mass is 284 g/mol. The molecule has 1 heterocycles. The van der Waals surface area contributed by atoms with Crippen molar-refractivity contribution in [2.24, 2.45) is 5.92 Å². The number of nitro groups is 1. The maximum absolute atomic E-state index is 11.3. The van der Waals surface area contributed by atoms with Crippen LogP contribution in [-0.4, -0.2) is 36.1 Å². The van der Waals surface area contributed by atoms with Crippen LogP contribution in [0.4, 0.5) is 0 Å². The molecule has 3 atom stereocenters. The molecule has 0 radical (unpaired) electrons. The van der Waals surface area contributed by atoms with Crippen LogP contribution in [0.2, 0.25) is 0 Å². The quantitative estimate of drug-likeness (QED) is 0.385. The number of hydrogen-bond donors (Lipinski definition) is 0. The molecule has 0 amide bonds. The zero-order valence-electron chi connectivity index (χ0n) is 11.1. The van der Waals surface area contributed by atoms with Crippen LogP contribution in [0.25, 0.3) is 0 Å². The van der Waals surface area contributed by atoms with Gasteiger partial charge in [0, 0.05) is 17.8 Å². The lowest BCUT2D eigenvalue weighted by Crippen LogP contribution is -2.35. The van der Waals surface area contributed by atoms with E-state index in [2.05, 4.69) is 4.74 Å². The van der Waals surface area contributed by atoms with Crippen LogP contribution in [0.15, 0.2) is 0 Å². The van der Waals surface area contributed by atoms with E-state index < -0.39 is 34.9 Å².